The number of aromatic amines is 1. The third kappa shape index (κ3) is 3.58. The molecule has 0 aliphatic carbocycles. The summed E-state index contributed by atoms with van der Waals surface area (Å²) in [5, 5.41) is 1.37. The molecule has 0 bridgehead atoms. The van der Waals surface area contributed by atoms with Crippen molar-refractivity contribution in [1.29, 1.82) is 0 Å². The Kier molecular flexibility index (Phi) is 5.18. The molecule has 0 radical (unpaired) electrons. The first-order valence-electron chi connectivity index (χ1n) is 10.5. The van der Waals surface area contributed by atoms with E-state index in [9.17, 15) is 4.79 Å². The minimum absolute atomic E-state index is 0.00125. The number of hydrogen-bond acceptors (Lipinski definition) is 5. The Labute approximate surface area is 183 Å². The van der Waals surface area contributed by atoms with Crippen LogP contribution in [0.25, 0.3) is 31.2 Å². The third-order valence-electron chi connectivity index (χ3n) is 5.44. The SMILES string of the molecule is CCCOc1ccc(C(N)Cc2nc3ccccc3[nH]2)c2c(=O)c3ccccc3sc12. The van der Waals surface area contributed by atoms with Crippen molar-refractivity contribution in [3.8, 4) is 5.75 Å². The van der Waals surface area contributed by atoms with Crippen LogP contribution in [0.1, 0.15) is 30.8 Å². The first-order valence-corrected chi connectivity index (χ1v) is 11.3. The molecule has 5 rings (SSSR count). The minimum Gasteiger partial charge on any atom is -0.492 e. The van der Waals surface area contributed by atoms with Crippen molar-refractivity contribution in [2.45, 2.75) is 25.8 Å². The van der Waals surface area contributed by atoms with E-state index < -0.39 is 0 Å². The Bertz CT molecular complexity index is 1420. The van der Waals surface area contributed by atoms with Crippen LogP contribution < -0.4 is 15.9 Å². The van der Waals surface area contributed by atoms with E-state index in [1.54, 1.807) is 11.3 Å². The Morgan fingerprint density at radius 3 is 2.74 bits per heavy atom. The molecule has 3 aromatic carbocycles. The van der Waals surface area contributed by atoms with Crippen LogP contribution in [0.4, 0.5) is 0 Å². The standard InChI is InChI=1S/C25H23N3O2S/c1-2-13-30-20-12-11-15(17(26)14-22-27-18-8-4-5-9-19(18)28-22)23-24(29)16-7-3-6-10-21(16)31-25(20)23/h3-12,17H,2,13-14,26H2,1H3,(H,27,28). The van der Waals surface area contributed by atoms with Crippen LogP contribution in [0.5, 0.6) is 5.75 Å². The van der Waals surface area contributed by atoms with Gasteiger partial charge in [0.2, 0.25) is 0 Å². The summed E-state index contributed by atoms with van der Waals surface area (Å²) in [4.78, 5) is 21.5. The first-order chi connectivity index (χ1) is 15.2. The van der Waals surface area contributed by atoms with Crippen LogP contribution in [-0.4, -0.2) is 16.6 Å². The first kappa shape index (κ1) is 19.7. The van der Waals surface area contributed by atoms with Crippen molar-refractivity contribution >= 4 is 42.5 Å². The van der Waals surface area contributed by atoms with Gasteiger partial charge in [0.05, 0.1) is 22.3 Å². The largest absolute Gasteiger partial charge is 0.492 e. The maximum Gasteiger partial charge on any atom is 0.196 e. The van der Waals surface area contributed by atoms with E-state index >= 15 is 0 Å². The van der Waals surface area contributed by atoms with Gasteiger partial charge in [-0.2, -0.15) is 0 Å². The summed E-state index contributed by atoms with van der Waals surface area (Å²) >= 11 is 1.58. The van der Waals surface area contributed by atoms with Crippen molar-refractivity contribution in [3.63, 3.8) is 0 Å². The molecule has 0 amide bonds. The molecule has 1 unspecified atom stereocenters. The number of para-hydroxylation sites is 2. The van der Waals surface area contributed by atoms with Crippen molar-refractivity contribution in [2.75, 3.05) is 6.61 Å². The van der Waals surface area contributed by atoms with Crippen molar-refractivity contribution in [3.05, 3.63) is 82.3 Å². The highest BCUT2D eigenvalue weighted by Gasteiger charge is 2.19. The van der Waals surface area contributed by atoms with E-state index in [1.165, 1.54) is 0 Å². The highest BCUT2D eigenvalue weighted by Crippen LogP contribution is 2.36. The van der Waals surface area contributed by atoms with Gasteiger partial charge < -0.3 is 15.5 Å². The molecule has 156 valence electrons. The molecule has 5 aromatic rings. The Balaban J connectivity index is 1.65. The fourth-order valence-corrected chi connectivity index (χ4v) is 5.13. The van der Waals surface area contributed by atoms with Gasteiger partial charge in [-0.1, -0.05) is 37.3 Å². The second kappa shape index (κ2) is 8.13. The van der Waals surface area contributed by atoms with Gasteiger partial charge in [0.1, 0.15) is 11.6 Å². The number of hydrogen-bond donors (Lipinski definition) is 2. The number of benzene rings is 3. The zero-order valence-electron chi connectivity index (χ0n) is 17.2. The molecule has 2 heterocycles. The summed E-state index contributed by atoms with van der Waals surface area (Å²) in [5.41, 5.74) is 9.36. The van der Waals surface area contributed by atoms with Crippen LogP contribution in [-0.2, 0) is 6.42 Å². The quantitative estimate of drug-likeness (QED) is 0.358. The fraction of sp³-hybridized carbons (Fsp3) is 0.200. The van der Waals surface area contributed by atoms with Crippen LogP contribution >= 0.6 is 11.3 Å². The van der Waals surface area contributed by atoms with Crippen LogP contribution in [0, 0.1) is 0 Å². The third-order valence-corrected chi connectivity index (χ3v) is 6.62. The van der Waals surface area contributed by atoms with E-state index in [-0.39, 0.29) is 11.5 Å². The molecule has 0 fully saturated rings. The Hall–Kier alpha value is -3.22. The number of fused-ring (bicyclic) bond motifs is 3. The van der Waals surface area contributed by atoms with Gasteiger partial charge >= 0.3 is 0 Å². The average molecular weight is 430 g/mol. The van der Waals surface area contributed by atoms with Crippen LogP contribution in [0.2, 0.25) is 0 Å². The van der Waals surface area contributed by atoms with Gasteiger partial charge in [0.15, 0.2) is 5.43 Å². The summed E-state index contributed by atoms with van der Waals surface area (Å²) in [6.07, 6.45) is 1.41. The average Bonchev–Trinajstić information content (AvgIpc) is 3.20. The molecule has 5 nitrogen and oxygen atoms in total. The van der Waals surface area contributed by atoms with Gasteiger partial charge in [-0.15, -0.1) is 11.3 Å². The molecular weight excluding hydrogens is 406 g/mol. The topological polar surface area (TPSA) is 81.0 Å². The fourth-order valence-electron chi connectivity index (χ4n) is 3.96. The van der Waals surface area contributed by atoms with Gasteiger partial charge in [-0.05, 0) is 42.3 Å². The Morgan fingerprint density at radius 1 is 1.10 bits per heavy atom. The molecule has 2 aromatic heterocycles. The van der Waals surface area contributed by atoms with Gasteiger partial charge in [0, 0.05) is 27.9 Å². The van der Waals surface area contributed by atoms with Crippen LogP contribution in [0.15, 0.2) is 65.5 Å². The maximum atomic E-state index is 13.5. The summed E-state index contributed by atoms with van der Waals surface area (Å²) < 4.78 is 7.78. The van der Waals surface area contributed by atoms with Crippen molar-refractivity contribution < 1.29 is 4.74 Å². The highest BCUT2D eigenvalue weighted by molar-refractivity contribution is 7.24. The monoisotopic (exact) mass is 429 g/mol. The molecular formula is C25H23N3O2S. The van der Waals surface area contributed by atoms with E-state index in [1.807, 2.05) is 60.7 Å². The number of rotatable bonds is 6. The molecule has 0 saturated heterocycles. The maximum absolute atomic E-state index is 13.5. The predicted molar refractivity (Wildman–Crippen MR) is 128 cm³/mol. The van der Waals surface area contributed by atoms with Gasteiger partial charge in [-0.25, -0.2) is 4.98 Å². The zero-order valence-corrected chi connectivity index (χ0v) is 18.0. The molecule has 0 saturated carbocycles. The lowest BCUT2D eigenvalue weighted by atomic mass is 9.99. The number of nitrogens with two attached hydrogens (primary N) is 1. The van der Waals surface area contributed by atoms with Gasteiger partial charge in [0.25, 0.3) is 0 Å². The van der Waals surface area contributed by atoms with Gasteiger partial charge in [-0.3, -0.25) is 4.79 Å². The molecule has 6 heteroatoms. The molecule has 0 aliphatic heterocycles. The van der Waals surface area contributed by atoms with Crippen molar-refractivity contribution in [1.82, 2.24) is 9.97 Å². The summed E-state index contributed by atoms with van der Waals surface area (Å²) in [7, 11) is 0. The molecule has 31 heavy (non-hydrogen) atoms. The summed E-state index contributed by atoms with van der Waals surface area (Å²) in [6.45, 7) is 2.67. The number of aromatic nitrogens is 2. The number of nitrogens with one attached hydrogen (secondary N) is 1. The molecule has 0 spiro atoms. The number of H-pyrrole nitrogens is 1. The number of nitrogens with zero attached hydrogens (tertiary/aromatic N) is 1. The van der Waals surface area contributed by atoms with E-state index in [4.69, 9.17) is 10.5 Å². The number of imidazole rings is 1. The molecule has 3 N–H and O–H groups in total. The van der Waals surface area contributed by atoms with E-state index in [2.05, 4.69) is 16.9 Å². The minimum atomic E-state index is -0.371. The molecule has 1 atom stereocenters. The van der Waals surface area contributed by atoms with Crippen LogP contribution in [0.3, 0.4) is 0 Å². The second-order valence-electron chi connectivity index (χ2n) is 7.64. The Morgan fingerprint density at radius 2 is 1.90 bits per heavy atom. The molecule has 0 aliphatic rings. The summed E-state index contributed by atoms with van der Waals surface area (Å²) in [5.74, 6) is 1.55. The lowest BCUT2D eigenvalue weighted by molar-refractivity contribution is 0.321. The smallest absolute Gasteiger partial charge is 0.196 e. The van der Waals surface area contributed by atoms with E-state index in [0.717, 1.165) is 44.0 Å². The second-order valence-corrected chi connectivity index (χ2v) is 8.70. The lowest BCUT2D eigenvalue weighted by Crippen LogP contribution is -2.17. The predicted octanol–water partition coefficient (Wildman–Crippen LogP) is 5.32. The number of ether oxygens (including phenoxy) is 1. The lowest BCUT2D eigenvalue weighted by Gasteiger charge is -2.16. The zero-order chi connectivity index (χ0) is 21.4. The highest BCUT2D eigenvalue weighted by atomic mass is 32.1. The van der Waals surface area contributed by atoms with Crippen molar-refractivity contribution in [2.24, 2.45) is 5.73 Å². The van der Waals surface area contributed by atoms with E-state index in [0.29, 0.717) is 23.8 Å². The normalized spacial score (nSPS) is 12.6. The summed E-state index contributed by atoms with van der Waals surface area (Å²) in [6, 6.07) is 19.1.